The number of carbonyl (C=O) groups is 1. The number of nitrogens with one attached hydrogen (secondary N) is 1. The molecule has 3 atom stereocenters. The number of likely N-dealkylation sites (N-methyl/N-ethyl adjacent to an activating group) is 1. The first kappa shape index (κ1) is 56.7. The predicted octanol–water partition coefficient (Wildman–Crippen LogP) is 13.2. The van der Waals surface area contributed by atoms with E-state index in [0.29, 0.717) is 17.4 Å². The van der Waals surface area contributed by atoms with E-state index in [4.69, 9.17) is 9.05 Å². The first-order valence-electron chi connectivity index (χ1n) is 24.4. The number of hydrogen-bond acceptors (Lipinski definition) is 6. The summed E-state index contributed by atoms with van der Waals surface area (Å²) in [5, 5.41) is 13.8. The molecule has 0 aromatic carbocycles. The fourth-order valence-electron chi connectivity index (χ4n) is 6.93. The van der Waals surface area contributed by atoms with Crippen LogP contribution in [0.1, 0.15) is 219 Å². The van der Waals surface area contributed by atoms with Crippen LogP contribution in [0.5, 0.6) is 0 Å². The number of nitrogens with zero attached hydrogens (tertiary/aromatic N) is 1. The van der Waals surface area contributed by atoms with Gasteiger partial charge in [-0.1, -0.05) is 192 Å². The van der Waals surface area contributed by atoms with Crippen LogP contribution in [0.3, 0.4) is 0 Å². The van der Waals surface area contributed by atoms with Gasteiger partial charge in [0.15, 0.2) is 0 Å². The van der Waals surface area contributed by atoms with Gasteiger partial charge in [-0.2, -0.15) is 0 Å². The molecule has 58 heavy (non-hydrogen) atoms. The van der Waals surface area contributed by atoms with E-state index in [1.165, 1.54) is 161 Å². The van der Waals surface area contributed by atoms with Gasteiger partial charge in [-0.15, -0.1) is 0 Å². The summed E-state index contributed by atoms with van der Waals surface area (Å²) in [6.07, 6.45) is 50.5. The molecule has 9 heteroatoms. The third-order valence-corrected chi connectivity index (χ3v) is 11.8. The molecule has 0 spiro atoms. The second-order valence-corrected chi connectivity index (χ2v) is 19.2. The van der Waals surface area contributed by atoms with Crippen molar-refractivity contribution in [2.45, 2.75) is 231 Å². The van der Waals surface area contributed by atoms with Crippen LogP contribution in [-0.2, 0) is 18.4 Å². The lowest BCUT2D eigenvalue weighted by Crippen LogP contribution is -2.45. The van der Waals surface area contributed by atoms with Crippen LogP contribution < -0.4 is 10.2 Å². The van der Waals surface area contributed by atoms with Crippen molar-refractivity contribution in [2.75, 3.05) is 40.9 Å². The van der Waals surface area contributed by atoms with Gasteiger partial charge in [0, 0.05) is 6.42 Å². The Kier molecular flexibility index (Phi) is 40.2. The molecule has 0 saturated heterocycles. The second-order valence-electron chi connectivity index (χ2n) is 17.8. The Morgan fingerprint density at radius 2 is 0.966 bits per heavy atom. The minimum absolute atomic E-state index is 0.00695. The van der Waals surface area contributed by atoms with E-state index in [2.05, 4.69) is 43.5 Å². The zero-order chi connectivity index (χ0) is 42.8. The Bertz CT molecular complexity index is 1040. The number of phosphoric acid groups is 1. The smallest absolute Gasteiger partial charge is 0.268 e. The van der Waals surface area contributed by atoms with Gasteiger partial charge in [0.1, 0.15) is 13.2 Å². The average Bonchev–Trinajstić information content (AvgIpc) is 3.17. The number of allylic oxidation sites excluding steroid dienone is 5. The summed E-state index contributed by atoms with van der Waals surface area (Å²) in [4.78, 5) is 25.4. The molecule has 0 heterocycles. The fourth-order valence-corrected chi connectivity index (χ4v) is 7.65. The van der Waals surface area contributed by atoms with E-state index < -0.39 is 26.6 Å². The maximum Gasteiger partial charge on any atom is 0.268 e. The summed E-state index contributed by atoms with van der Waals surface area (Å²) in [6.45, 7) is 4.63. The van der Waals surface area contributed by atoms with Gasteiger partial charge in [0.05, 0.1) is 39.9 Å². The van der Waals surface area contributed by atoms with Crippen LogP contribution in [0.4, 0.5) is 0 Å². The molecular formula is C49H95N2O6P. The highest BCUT2D eigenvalue weighted by Crippen LogP contribution is 2.38. The summed E-state index contributed by atoms with van der Waals surface area (Å²) < 4.78 is 23.2. The lowest BCUT2D eigenvalue weighted by Gasteiger charge is -2.29. The zero-order valence-corrected chi connectivity index (χ0v) is 39.6. The average molecular weight is 839 g/mol. The topological polar surface area (TPSA) is 108 Å². The lowest BCUT2D eigenvalue weighted by atomic mass is 10.0. The Labute approximate surface area is 359 Å². The molecule has 0 aliphatic heterocycles. The molecule has 0 aliphatic carbocycles. The number of amides is 1. The Hall–Kier alpha value is -1.28. The molecule has 0 saturated carbocycles. The van der Waals surface area contributed by atoms with E-state index in [1.54, 1.807) is 6.08 Å². The number of phosphoric ester groups is 1. The molecular weight excluding hydrogens is 744 g/mol. The summed E-state index contributed by atoms with van der Waals surface area (Å²) >= 11 is 0. The number of quaternary nitrogens is 1. The van der Waals surface area contributed by atoms with E-state index in [1.807, 2.05) is 27.2 Å². The van der Waals surface area contributed by atoms with Crippen molar-refractivity contribution in [1.82, 2.24) is 5.32 Å². The third-order valence-electron chi connectivity index (χ3n) is 10.8. The van der Waals surface area contributed by atoms with Crippen molar-refractivity contribution < 1.29 is 32.9 Å². The zero-order valence-electron chi connectivity index (χ0n) is 38.8. The van der Waals surface area contributed by atoms with E-state index in [9.17, 15) is 19.4 Å². The standard InChI is InChI=1S/C49H95N2O6P/c1-6-8-10-12-14-16-18-20-22-24-26-28-30-32-34-36-38-40-42-48(52)47(46-57-58(54,55)56-45-44-51(3,4)5)50-49(53)43-41-39-37-35-33-31-29-27-25-23-21-19-17-15-13-11-9-7-2/h23,25,32,34,40,42,47-48,52H,6-22,24,26-31,33,35-39,41,43-46H2,1-5H3,(H-,50,53,54,55)/b25-23-,34-32+,42-40+. The molecule has 0 aliphatic rings. The van der Waals surface area contributed by atoms with Crippen LogP contribution >= 0.6 is 7.82 Å². The third kappa shape index (κ3) is 42.8. The Balaban J connectivity index is 4.41. The highest BCUT2D eigenvalue weighted by molar-refractivity contribution is 7.45. The number of carbonyl (C=O) groups excluding carboxylic acids is 1. The Morgan fingerprint density at radius 1 is 0.586 bits per heavy atom. The van der Waals surface area contributed by atoms with Crippen LogP contribution in [-0.4, -0.2) is 68.5 Å². The van der Waals surface area contributed by atoms with E-state index in [0.717, 1.165) is 38.5 Å². The molecule has 0 bridgehead atoms. The van der Waals surface area contributed by atoms with Crippen molar-refractivity contribution in [2.24, 2.45) is 0 Å². The van der Waals surface area contributed by atoms with Crippen molar-refractivity contribution in [3.63, 3.8) is 0 Å². The van der Waals surface area contributed by atoms with Crippen molar-refractivity contribution >= 4 is 13.7 Å². The molecule has 3 unspecified atom stereocenters. The van der Waals surface area contributed by atoms with Gasteiger partial charge in [-0.05, 0) is 57.8 Å². The molecule has 0 rings (SSSR count). The summed E-state index contributed by atoms with van der Waals surface area (Å²) in [5.41, 5.74) is 0. The maximum absolute atomic E-state index is 12.9. The van der Waals surface area contributed by atoms with E-state index >= 15 is 0 Å². The highest BCUT2D eigenvalue weighted by atomic mass is 31.2. The van der Waals surface area contributed by atoms with E-state index in [-0.39, 0.29) is 12.5 Å². The highest BCUT2D eigenvalue weighted by Gasteiger charge is 2.23. The minimum Gasteiger partial charge on any atom is -0.756 e. The SMILES string of the molecule is CCCCCCCCC/C=C\CCCCCCCCCC(=O)NC(COP(=O)([O-])OCC[N+](C)(C)C)C(O)/C=C/CC/C=C/CCCCCCCCCCCCCC. The predicted molar refractivity (Wildman–Crippen MR) is 247 cm³/mol. The van der Waals surface area contributed by atoms with Gasteiger partial charge < -0.3 is 28.8 Å². The number of aliphatic hydroxyl groups is 1. The van der Waals surface area contributed by atoms with Crippen LogP contribution in [0.25, 0.3) is 0 Å². The van der Waals surface area contributed by atoms with Gasteiger partial charge >= 0.3 is 0 Å². The summed E-state index contributed by atoms with van der Waals surface area (Å²) in [5.74, 6) is -0.211. The lowest BCUT2D eigenvalue weighted by molar-refractivity contribution is -0.870. The van der Waals surface area contributed by atoms with Crippen LogP contribution in [0, 0.1) is 0 Å². The van der Waals surface area contributed by atoms with Crippen LogP contribution in [0.15, 0.2) is 36.5 Å². The molecule has 2 N–H and O–H groups in total. The van der Waals surface area contributed by atoms with Crippen molar-refractivity contribution in [3.05, 3.63) is 36.5 Å². The number of unbranched alkanes of at least 4 members (excludes halogenated alkanes) is 27. The molecule has 1 amide bonds. The molecule has 0 aromatic rings. The monoisotopic (exact) mass is 839 g/mol. The Morgan fingerprint density at radius 3 is 1.40 bits per heavy atom. The van der Waals surface area contributed by atoms with Gasteiger partial charge in [0.2, 0.25) is 5.91 Å². The van der Waals surface area contributed by atoms with Gasteiger partial charge in [0.25, 0.3) is 7.82 Å². The number of aliphatic hydroxyl groups excluding tert-OH is 1. The first-order valence-corrected chi connectivity index (χ1v) is 25.8. The van der Waals surface area contributed by atoms with Crippen molar-refractivity contribution in [1.29, 1.82) is 0 Å². The summed E-state index contributed by atoms with van der Waals surface area (Å²) in [7, 11) is 1.24. The number of hydrogen-bond donors (Lipinski definition) is 2. The summed E-state index contributed by atoms with van der Waals surface area (Å²) in [6, 6.07) is -0.904. The quantitative estimate of drug-likeness (QED) is 0.0274. The van der Waals surface area contributed by atoms with Crippen LogP contribution in [0.2, 0.25) is 0 Å². The molecule has 0 radical (unpaired) electrons. The number of rotatable bonds is 44. The minimum atomic E-state index is -4.60. The second kappa shape index (κ2) is 41.1. The van der Waals surface area contributed by atoms with Gasteiger partial charge in [-0.3, -0.25) is 9.36 Å². The fraction of sp³-hybridized carbons (Fsp3) is 0.857. The normalized spacial score (nSPS) is 14.5. The van der Waals surface area contributed by atoms with Crippen molar-refractivity contribution in [3.8, 4) is 0 Å². The molecule has 0 fully saturated rings. The molecule has 0 aromatic heterocycles. The maximum atomic E-state index is 12.9. The molecule has 8 nitrogen and oxygen atoms in total. The largest absolute Gasteiger partial charge is 0.756 e. The first-order chi connectivity index (χ1) is 28.0. The van der Waals surface area contributed by atoms with Gasteiger partial charge in [-0.25, -0.2) is 0 Å². The molecule has 342 valence electrons.